The lowest BCUT2D eigenvalue weighted by atomic mass is 10.1. The van der Waals surface area contributed by atoms with Crippen molar-refractivity contribution in [2.24, 2.45) is 0 Å². The van der Waals surface area contributed by atoms with Crippen molar-refractivity contribution in [3.05, 3.63) is 35.4 Å². The average molecular weight is 287 g/mol. The Morgan fingerprint density at radius 2 is 2.05 bits per heavy atom. The first-order valence-electron chi connectivity index (χ1n) is 6.55. The largest absolute Gasteiger partial charge is 0.480 e. The Morgan fingerprint density at radius 3 is 2.60 bits per heavy atom. The molecule has 4 nitrogen and oxygen atoms in total. The van der Waals surface area contributed by atoms with Crippen LogP contribution in [0.4, 0.5) is 8.78 Å². The first-order chi connectivity index (χ1) is 9.45. The number of benzene rings is 1. The molecule has 112 valence electrons. The van der Waals surface area contributed by atoms with E-state index in [0.29, 0.717) is 6.42 Å². The SMILES string of the molecule is CCCCC(NCC(O)c1ccc(F)c(F)c1)C(=O)O. The molecule has 0 bridgehead atoms. The maximum absolute atomic E-state index is 13.0. The smallest absolute Gasteiger partial charge is 0.320 e. The van der Waals surface area contributed by atoms with Gasteiger partial charge >= 0.3 is 5.97 Å². The third kappa shape index (κ3) is 4.86. The van der Waals surface area contributed by atoms with Crippen LogP contribution in [0, 0.1) is 11.6 Å². The highest BCUT2D eigenvalue weighted by molar-refractivity contribution is 5.73. The zero-order chi connectivity index (χ0) is 15.1. The summed E-state index contributed by atoms with van der Waals surface area (Å²) in [7, 11) is 0. The van der Waals surface area contributed by atoms with E-state index in [-0.39, 0.29) is 12.1 Å². The van der Waals surface area contributed by atoms with Gasteiger partial charge in [-0.25, -0.2) is 8.78 Å². The topological polar surface area (TPSA) is 69.6 Å². The fraction of sp³-hybridized carbons (Fsp3) is 0.500. The monoisotopic (exact) mass is 287 g/mol. The molecule has 0 fully saturated rings. The molecule has 2 atom stereocenters. The van der Waals surface area contributed by atoms with Gasteiger partial charge in [-0.2, -0.15) is 0 Å². The van der Waals surface area contributed by atoms with Crippen molar-refractivity contribution in [2.75, 3.05) is 6.54 Å². The third-order valence-electron chi connectivity index (χ3n) is 3.03. The molecule has 2 unspecified atom stereocenters. The number of unbranched alkanes of at least 4 members (excludes halogenated alkanes) is 1. The molecule has 0 aliphatic carbocycles. The number of aliphatic carboxylic acids is 1. The summed E-state index contributed by atoms with van der Waals surface area (Å²) in [6.45, 7) is 1.92. The average Bonchev–Trinajstić information content (AvgIpc) is 2.41. The van der Waals surface area contributed by atoms with Gasteiger partial charge in [-0.1, -0.05) is 25.8 Å². The Balaban J connectivity index is 2.58. The van der Waals surface area contributed by atoms with Crippen LogP contribution in [0.25, 0.3) is 0 Å². The summed E-state index contributed by atoms with van der Waals surface area (Å²) < 4.78 is 25.8. The predicted molar refractivity (Wildman–Crippen MR) is 70.3 cm³/mol. The number of rotatable bonds is 8. The molecule has 1 aromatic carbocycles. The molecule has 0 spiro atoms. The van der Waals surface area contributed by atoms with Crippen LogP contribution >= 0.6 is 0 Å². The lowest BCUT2D eigenvalue weighted by Gasteiger charge is -2.17. The first-order valence-corrected chi connectivity index (χ1v) is 6.55. The highest BCUT2D eigenvalue weighted by Crippen LogP contribution is 2.16. The lowest BCUT2D eigenvalue weighted by Crippen LogP contribution is -2.39. The van der Waals surface area contributed by atoms with Crippen LogP contribution in [0.2, 0.25) is 0 Å². The minimum atomic E-state index is -1.09. The summed E-state index contributed by atoms with van der Waals surface area (Å²) in [5.74, 6) is -3.02. The van der Waals surface area contributed by atoms with Crippen molar-refractivity contribution in [1.29, 1.82) is 0 Å². The minimum absolute atomic E-state index is 0.0360. The zero-order valence-electron chi connectivity index (χ0n) is 11.3. The quantitative estimate of drug-likeness (QED) is 0.686. The van der Waals surface area contributed by atoms with Crippen LogP contribution in [0.15, 0.2) is 18.2 Å². The lowest BCUT2D eigenvalue weighted by molar-refractivity contribution is -0.139. The molecular weight excluding hydrogens is 268 g/mol. The number of hydrogen-bond acceptors (Lipinski definition) is 3. The molecule has 3 N–H and O–H groups in total. The number of aliphatic hydroxyl groups is 1. The summed E-state index contributed by atoms with van der Waals surface area (Å²) in [6, 6.07) is 2.35. The number of carboxylic acid groups (broad SMARTS) is 1. The molecule has 20 heavy (non-hydrogen) atoms. The van der Waals surface area contributed by atoms with E-state index < -0.39 is 29.7 Å². The van der Waals surface area contributed by atoms with E-state index in [1.165, 1.54) is 6.07 Å². The first kappa shape index (κ1) is 16.5. The van der Waals surface area contributed by atoms with Crippen molar-refractivity contribution in [3.63, 3.8) is 0 Å². The summed E-state index contributed by atoms with van der Waals surface area (Å²) in [5, 5.41) is 21.6. The van der Waals surface area contributed by atoms with Crippen LogP contribution in [-0.2, 0) is 4.79 Å². The minimum Gasteiger partial charge on any atom is -0.480 e. The van der Waals surface area contributed by atoms with Crippen LogP contribution in [-0.4, -0.2) is 28.8 Å². The van der Waals surface area contributed by atoms with Gasteiger partial charge in [0.05, 0.1) is 6.10 Å². The van der Waals surface area contributed by atoms with Crippen LogP contribution in [0.5, 0.6) is 0 Å². The summed E-state index contributed by atoms with van der Waals surface area (Å²) in [4.78, 5) is 11.0. The highest BCUT2D eigenvalue weighted by Gasteiger charge is 2.18. The van der Waals surface area contributed by atoms with Crippen LogP contribution in [0.1, 0.15) is 37.9 Å². The van der Waals surface area contributed by atoms with Crippen molar-refractivity contribution in [2.45, 2.75) is 38.3 Å². The molecule has 0 saturated heterocycles. The van der Waals surface area contributed by atoms with Gasteiger partial charge in [0.1, 0.15) is 6.04 Å². The van der Waals surface area contributed by atoms with E-state index >= 15 is 0 Å². The Bertz CT molecular complexity index is 454. The molecule has 1 rings (SSSR count). The van der Waals surface area contributed by atoms with Crippen LogP contribution < -0.4 is 5.32 Å². The Kier molecular flexibility index (Phi) is 6.54. The maximum atomic E-state index is 13.0. The van der Waals surface area contributed by atoms with Gasteiger partial charge in [-0.3, -0.25) is 4.79 Å². The number of halogens is 2. The van der Waals surface area contributed by atoms with E-state index in [4.69, 9.17) is 5.11 Å². The fourth-order valence-corrected chi connectivity index (χ4v) is 1.81. The molecule has 0 heterocycles. The van der Waals surface area contributed by atoms with Crippen molar-refractivity contribution in [3.8, 4) is 0 Å². The fourth-order valence-electron chi connectivity index (χ4n) is 1.81. The molecule has 0 saturated carbocycles. The van der Waals surface area contributed by atoms with Gasteiger partial charge in [0.15, 0.2) is 11.6 Å². The summed E-state index contributed by atoms with van der Waals surface area (Å²) in [6.07, 6.45) is 0.993. The molecule has 0 radical (unpaired) electrons. The van der Waals surface area contributed by atoms with Crippen molar-refractivity contribution < 1.29 is 23.8 Å². The van der Waals surface area contributed by atoms with Gasteiger partial charge in [0.25, 0.3) is 0 Å². The van der Waals surface area contributed by atoms with Crippen molar-refractivity contribution >= 4 is 5.97 Å². The molecule has 0 aliphatic heterocycles. The van der Waals surface area contributed by atoms with E-state index in [9.17, 15) is 18.7 Å². The number of carboxylic acids is 1. The number of hydrogen-bond donors (Lipinski definition) is 3. The third-order valence-corrected chi connectivity index (χ3v) is 3.03. The Morgan fingerprint density at radius 1 is 1.35 bits per heavy atom. The van der Waals surface area contributed by atoms with E-state index in [2.05, 4.69) is 5.32 Å². The molecule has 0 amide bonds. The second kappa shape index (κ2) is 7.91. The van der Waals surface area contributed by atoms with E-state index in [1.807, 2.05) is 6.92 Å². The highest BCUT2D eigenvalue weighted by atomic mass is 19.2. The second-order valence-corrected chi connectivity index (χ2v) is 4.63. The maximum Gasteiger partial charge on any atom is 0.320 e. The number of aliphatic hydroxyl groups excluding tert-OH is 1. The van der Waals surface area contributed by atoms with E-state index in [1.54, 1.807) is 0 Å². The van der Waals surface area contributed by atoms with Crippen LogP contribution in [0.3, 0.4) is 0 Å². The summed E-state index contributed by atoms with van der Waals surface area (Å²) in [5.41, 5.74) is 0.205. The van der Waals surface area contributed by atoms with E-state index in [0.717, 1.165) is 25.0 Å². The Labute approximate surface area is 116 Å². The van der Waals surface area contributed by atoms with Gasteiger partial charge in [0.2, 0.25) is 0 Å². The second-order valence-electron chi connectivity index (χ2n) is 4.63. The summed E-state index contributed by atoms with van der Waals surface area (Å²) >= 11 is 0. The molecular formula is C14H19F2NO3. The number of nitrogens with one attached hydrogen (secondary N) is 1. The van der Waals surface area contributed by atoms with Gasteiger partial charge in [-0.15, -0.1) is 0 Å². The molecule has 0 aliphatic rings. The van der Waals surface area contributed by atoms with Gasteiger partial charge in [-0.05, 0) is 24.1 Å². The molecule has 0 aromatic heterocycles. The predicted octanol–water partition coefficient (Wildman–Crippen LogP) is 2.23. The standard InChI is InChI=1S/C14H19F2NO3/c1-2-3-4-12(14(19)20)17-8-13(18)9-5-6-10(15)11(16)7-9/h5-7,12-13,17-18H,2-4,8H2,1H3,(H,19,20). The normalized spacial score (nSPS) is 14.0. The number of carbonyl (C=O) groups is 1. The molecule has 1 aromatic rings. The van der Waals surface area contributed by atoms with Gasteiger partial charge in [0, 0.05) is 6.54 Å². The van der Waals surface area contributed by atoms with Gasteiger partial charge < -0.3 is 15.5 Å². The Hall–Kier alpha value is -1.53. The molecule has 6 heteroatoms. The van der Waals surface area contributed by atoms with Crippen molar-refractivity contribution in [1.82, 2.24) is 5.32 Å². The zero-order valence-corrected chi connectivity index (χ0v) is 11.3.